The predicted octanol–water partition coefficient (Wildman–Crippen LogP) is 2.68. The van der Waals surface area contributed by atoms with Crippen LogP contribution in [0.4, 0.5) is 0 Å². The van der Waals surface area contributed by atoms with E-state index in [4.69, 9.17) is 16.7 Å². The van der Waals surface area contributed by atoms with Crippen molar-refractivity contribution in [2.24, 2.45) is 0 Å². The van der Waals surface area contributed by atoms with Gasteiger partial charge in [-0.25, -0.2) is 4.79 Å². The minimum Gasteiger partial charge on any atom is -0.480 e. The summed E-state index contributed by atoms with van der Waals surface area (Å²) in [5, 5.41) is 12.0. The second-order valence-corrected chi connectivity index (χ2v) is 5.49. The van der Waals surface area contributed by atoms with Crippen LogP contribution in [0, 0.1) is 0 Å². The number of nitrogens with one attached hydrogen (secondary N) is 1. The first kappa shape index (κ1) is 16.6. The highest BCUT2D eigenvalue weighted by molar-refractivity contribution is 7.98. The number of amides is 1. The Bertz CT molecular complexity index is 505. The van der Waals surface area contributed by atoms with Gasteiger partial charge in [0.1, 0.15) is 6.04 Å². The molecule has 4 nitrogen and oxygen atoms in total. The molecule has 0 heterocycles. The number of rotatable bonds is 7. The van der Waals surface area contributed by atoms with Gasteiger partial charge in [0.2, 0.25) is 5.91 Å². The van der Waals surface area contributed by atoms with E-state index in [0.717, 1.165) is 5.56 Å². The lowest BCUT2D eigenvalue weighted by atomic mass is 10.2. The zero-order chi connectivity index (χ0) is 15.0. The summed E-state index contributed by atoms with van der Waals surface area (Å²) in [6.07, 6.45) is 5.18. The van der Waals surface area contributed by atoms with Gasteiger partial charge in [-0.3, -0.25) is 4.79 Å². The molecule has 0 spiro atoms. The molecule has 0 fully saturated rings. The molecule has 0 saturated heterocycles. The Balaban J connectivity index is 2.59. The van der Waals surface area contributed by atoms with Crippen LogP contribution >= 0.6 is 23.4 Å². The number of aliphatic carboxylic acids is 1. The number of hydrogen-bond acceptors (Lipinski definition) is 3. The smallest absolute Gasteiger partial charge is 0.326 e. The zero-order valence-corrected chi connectivity index (χ0v) is 12.6. The van der Waals surface area contributed by atoms with E-state index >= 15 is 0 Å². The molecular formula is C14H16ClNO3S. The number of carboxylic acid groups (broad SMARTS) is 1. The summed E-state index contributed by atoms with van der Waals surface area (Å²) in [7, 11) is 0. The summed E-state index contributed by atoms with van der Waals surface area (Å²) in [4.78, 5) is 22.7. The summed E-state index contributed by atoms with van der Waals surface area (Å²) in [6.45, 7) is 0. The highest BCUT2D eigenvalue weighted by atomic mass is 35.5. The lowest BCUT2D eigenvalue weighted by molar-refractivity contribution is -0.141. The molecule has 1 amide bonds. The first-order chi connectivity index (χ1) is 9.52. The van der Waals surface area contributed by atoms with Crippen LogP contribution in [0.2, 0.25) is 5.02 Å². The number of benzene rings is 1. The molecule has 2 N–H and O–H groups in total. The summed E-state index contributed by atoms with van der Waals surface area (Å²) in [5.74, 6) is -0.781. The van der Waals surface area contributed by atoms with Crippen LogP contribution in [0.15, 0.2) is 30.3 Å². The van der Waals surface area contributed by atoms with Crippen LogP contribution < -0.4 is 5.32 Å². The predicted molar refractivity (Wildman–Crippen MR) is 83.1 cm³/mol. The van der Waals surface area contributed by atoms with Gasteiger partial charge in [-0.05, 0) is 42.2 Å². The van der Waals surface area contributed by atoms with E-state index in [-0.39, 0.29) is 0 Å². The Kier molecular flexibility index (Phi) is 7.18. The first-order valence-corrected chi connectivity index (χ1v) is 7.76. The molecule has 0 unspecified atom stereocenters. The average Bonchev–Trinajstić information content (AvgIpc) is 2.41. The van der Waals surface area contributed by atoms with Crippen molar-refractivity contribution in [3.8, 4) is 0 Å². The van der Waals surface area contributed by atoms with Crippen molar-refractivity contribution in [2.75, 3.05) is 12.0 Å². The molecule has 1 aromatic rings. The van der Waals surface area contributed by atoms with Crippen LogP contribution in [-0.2, 0) is 9.59 Å². The van der Waals surface area contributed by atoms with Gasteiger partial charge < -0.3 is 10.4 Å². The Morgan fingerprint density at radius 3 is 2.85 bits per heavy atom. The molecule has 0 aromatic heterocycles. The molecule has 1 atom stereocenters. The molecule has 20 heavy (non-hydrogen) atoms. The van der Waals surface area contributed by atoms with Gasteiger partial charge in [0.25, 0.3) is 0 Å². The van der Waals surface area contributed by atoms with E-state index in [2.05, 4.69) is 5.32 Å². The number of carboxylic acids is 1. The molecule has 108 valence electrons. The third kappa shape index (κ3) is 6.12. The van der Waals surface area contributed by atoms with Crippen LogP contribution in [0.3, 0.4) is 0 Å². The maximum atomic E-state index is 11.7. The number of hydrogen-bond donors (Lipinski definition) is 2. The Morgan fingerprint density at radius 1 is 1.50 bits per heavy atom. The van der Waals surface area contributed by atoms with Crippen molar-refractivity contribution >= 4 is 41.3 Å². The summed E-state index contributed by atoms with van der Waals surface area (Å²) in [6, 6.07) is 6.17. The van der Waals surface area contributed by atoms with E-state index in [1.54, 1.807) is 30.3 Å². The fraction of sp³-hybridized carbons (Fsp3) is 0.286. The van der Waals surface area contributed by atoms with Crippen molar-refractivity contribution in [3.05, 3.63) is 40.9 Å². The van der Waals surface area contributed by atoms with Gasteiger partial charge in [0.05, 0.1) is 0 Å². The third-order valence-corrected chi connectivity index (χ3v) is 3.38. The number of halogens is 1. The first-order valence-electron chi connectivity index (χ1n) is 5.99. The molecule has 0 aliphatic heterocycles. The van der Waals surface area contributed by atoms with Crippen molar-refractivity contribution in [3.63, 3.8) is 0 Å². The maximum Gasteiger partial charge on any atom is 0.326 e. The number of thioether (sulfide) groups is 1. The Morgan fingerprint density at radius 2 is 2.25 bits per heavy atom. The lowest BCUT2D eigenvalue weighted by Gasteiger charge is -2.12. The Labute approximate surface area is 127 Å². The maximum absolute atomic E-state index is 11.7. The van der Waals surface area contributed by atoms with Crippen LogP contribution in [-0.4, -0.2) is 35.0 Å². The van der Waals surface area contributed by atoms with Gasteiger partial charge >= 0.3 is 5.97 Å². The zero-order valence-electron chi connectivity index (χ0n) is 11.0. The molecule has 6 heteroatoms. The van der Waals surface area contributed by atoms with Gasteiger partial charge in [0, 0.05) is 11.1 Å². The highest BCUT2D eigenvalue weighted by Crippen LogP contribution is 2.11. The molecule has 1 rings (SSSR count). The third-order valence-electron chi connectivity index (χ3n) is 2.50. The van der Waals surface area contributed by atoms with Crippen LogP contribution in [0.1, 0.15) is 12.0 Å². The van der Waals surface area contributed by atoms with Crippen LogP contribution in [0.25, 0.3) is 6.08 Å². The van der Waals surface area contributed by atoms with Gasteiger partial charge in [-0.1, -0.05) is 23.7 Å². The van der Waals surface area contributed by atoms with Gasteiger partial charge in [-0.2, -0.15) is 11.8 Å². The monoisotopic (exact) mass is 313 g/mol. The topological polar surface area (TPSA) is 66.4 Å². The van der Waals surface area contributed by atoms with E-state index < -0.39 is 17.9 Å². The normalized spacial score (nSPS) is 12.3. The molecule has 0 bridgehead atoms. The highest BCUT2D eigenvalue weighted by Gasteiger charge is 2.17. The fourth-order valence-electron chi connectivity index (χ4n) is 1.50. The molecule has 0 saturated carbocycles. The van der Waals surface area contributed by atoms with Crippen molar-refractivity contribution in [1.82, 2.24) is 5.32 Å². The van der Waals surface area contributed by atoms with Crippen molar-refractivity contribution in [1.29, 1.82) is 0 Å². The number of carbonyl (C=O) groups excluding carboxylic acids is 1. The second kappa shape index (κ2) is 8.66. The summed E-state index contributed by atoms with van der Waals surface area (Å²) >= 11 is 7.37. The molecule has 0 radical (unpaired) electrons. The SMILES string of the molecule is CSCC[C@@H](NC(=O)/C=C/c1cccc(Cl)c1)C(=O)O. The minimum absolute atomic E-state index is 0.396. The molecule has 1 aromatic carbocycles. The molecular weight excluding hydrogens is 298 g/mol. The Hall–Kier alpha value is -1.46. The van der Waals surface area contributed by atoms with Gasteiger partial charge in [0.15, 0.2) is 0 Å². The standard InChI is InChI=1S/C14H16ClNO3S/c1-20-8-7-12(14(18)19)16-13(17)6-5-10-3-2-4-11(15)9-10/h2-6,9,12H,7-8H2,1H3,(H,16,17)(H,18,19)/b6-5+/t12-/m1/s1. The minimum atomic E-state index is -1.02. The fourth-order valence-corrected chi connectivity index (χ4v) is 2.17. The average molecular weight is 314 g/mol. The van der Waals surface area contributed by atoms with E-state index in [0.29, 0.717) is 17.2 Å². The molecule has 0 aliphatic carbocycles. The van der Waals surface area contributed by atoms with Crippen molar-refractivity contribution in [2.45, 2.75) is 12.5 Å². The summed E-state index contributed by atoms with van der Waals surface area (Å²) in [5.41, 5.74) is 0.781. The largest absolute Gasteiger partial charge is 0.480 e. The lowest BCUT2D eigenvalue weighted by Crippen LogP contribution is -2.40. The van der Waals surface area contributed by atoms with Crippen LogP contribution in [0.5, 0.6) is 0 Å². The second-order valence-electron chi connectivity index (χ2n) is 4.07. The quantitative estimate of drug-likeness (QED) is 0.760. The van der Waals surface area contributed by atoms with Gasteiger partial charge in [-0.15, -0.1) is 0 Å². The molecule has 0 aliphatic rings. The van der Waals surface area contributed by atoms with E-state index in [1.807, 2.05) is 6.26 Å². The summed E-state index contributed by atoms with van der Waals surface area (Å²) < 4.78 is 0. The van der Waals surface area contributed by atoms with E-state index in [1.165, 1.54) is 17.8 Å². The van der Waals surface area contributed by atoms with Crippen molar-refractivity contribution < 1.29 is 14.7 Å². The van der Waals surface area contributed by atoms with E-state index in [9.17, 15) is 9.59 Å². The number of carbonyl (C=O) groups is 2.